The van der Waals surface area contributed by atoms with E-state index >= 15 is 0 Å². The van der Waals surface area contributed by atoms with Gasteiger partial charge in [-0.25, -0.2) is 4.39 Å². The maximum absolute atomic E-state index is 12.8. The number of hydrogen-bond donors (Lipinski definition) is 2. The Labute approximate surface area is 81.6 Å². The van der Waals surface area contributed by atoms with E-state index in [9.17, 15) is 4.39 Å². The molecule has 0 aliphatic rings. The molecule has 0 aliphatic heterocycles. The summed E-state index contributed by atoms with van der Waals surface area (Å²) in [7, 11) is 3.01. The fourth-order valence-corrected chi connectivity index (χ4v) is 0.962. The van der Waals surface area contributed by atoms with Gasteiger partial charge in [0.1, 0.15) is 11.6 Å². The van der Waals surface area contributed by atoms with Crippen LogP contribution in [0.1, 0.15) is 0 Å². The minimum Gasteiger partial charge on any atom is -0.494 e. The zero-order chi connectivity index (χ0) is 10.6. The van der Waals surface area contributed by atoms with Crippen molar-refractivity contribution in [3.8, 4) is 5.75 Å². The molecule has 0 unspecified atom stereocenters. The second kappa shape index (κ2) is 4.45. The first-order valence-electron chi connectivity index (χ1n) is 4.00. The molecule has 0 aromatic heterocycles. The molecule has 0 atom stereocenters. The van der Waals surface area contributed by atoms with E-state index < -0.39 is 0 Å². The fraction of sp³-hybridized carbons (Fsp3) is 0.222. The first kappa shape index (κ1) is 10.3. The van der Waals surface area contributed by atoms with Crippen molar-refractivity contribution in [3.63, 3.8) is 0 Å². The molecule has 14 heavy (non-hydrogen) atoms. The molecule has 0 fully saturated rings. The van der Waals surface area contributed by atoms with Gasteiger partial charge in [0.2, 0.25) is 0 Å². The molecule has 3 N–H and O–H groups in total. The van der Waals surface area contributed by atoms with E-state index in [0.29, 0.717) is 11.4 Å². The van der Waals surface area contributed by atoms with E-state index in [0.717, 1.165) is 0 Å². The molecule has 1 rings (SSSR count). The Morgan fingerprint density at radius 1 is 1.57 bits per heavy atom. The first-order chi connectivity index (χ1) is 6.67. The Morgan fingerprint density at radius 3 is 2.86 bits per heavy atom. The Balaban J connectivity index is 2.96. The molecule has 0 radical (unpaired) electrons. The number of anilines is 1. The lowest BCUT2D eigenvalue weighted by Crippen LogP contribution is -2.22. The van der Waals surface area contributed by atoms with Gasteiger partial charge in [0, 0.05) is 13.1 Å². The first-order valence-corrected chi connectivity index (χ1v) is 4.00. The van der Waals surface area contributed by atoms with Crippen molar-refractivity contribution in [2.75, 3.05) is 19.5 Å². The number of methoxy groups -OCH3 is 1. The van der Waals surface area contributed by atoms with E-state index in [4.69, 9.17) is 10.5 Å². The average Bonchev–Trinajstić information content (AvgIpc) is 2.20. The summed E-state index contributed by atoms with van der Waals surface area (Å²) in [5, 5.41) is 2.77. The average molecular weight is 197 g/mol. The van der Waals surface area contributed by atoms with Crippen molar-refractivity contribution in [2.24, 2.45) is 10.7 Å². The van der Waals surface area contributed by atoms with Crippen molar-refractivity contribution in [2.45, 2.75) is 0 Å². The zero-order valence-electron chi connectivity index (χ0n) is 8.04. The third-order valence-electron chi connectivity index (χ3n) is 1.67. The van der Waals surface area contributed by atoms with Crippen LogP contribution in [0.15, 0.2) is 23.2 Å². The van der Waals surface area contributed by atoms with Gasteiger partial charge in [-0.3, -0.25) is 4.99 Å². The van der Waals surface area contributed by atoms with Crippen LogP contribution in [-0.2, 0) is 0 Å². The van der Waals surface area contributed by atoms with Gasteiger partial charge in [0.25, 0.3) is 0 Å². The number of aliphatic imine (C=N–C) groups is 1. The molecular formula is C9H12FN3O. The summed E-state index contributed by atoms with van der Waals surface area (Å²) in [6.45, 7) is 0. The standard InChI is InChI=1S/C9H12FN3O/c1-12-9(11)13-7-4-3-6(10)5-8(7)14-2/h3-5H,1-2H3,(H3,11,12,13). The van der Waals surface area contributed by atoms with Gasteiger partial charge in [-0.15, -0.1) is 0 Å². The maximum atomic E-state index is 12.8. The largest absolute Gasteiger partial charge is 0.494 e. The molecule has 1 aromatic carbocycles. The second-order valence-corrected chi connectivity index (χ2v) is 2.58. The smallest absolute Gasteiger partial charge is 0.192 e. The van der Waals surface area contributed by atoms with Crippen molar-refractivity contribution in [1.29, 1.82) is 0 Å². The van der Waals surface area contributed by atoms with Crippen LogP contribution in [-0.4, -0.2) is 20.1 Å². The lowest BCUT2D eigenvalue weighted by atomic mass is 10.3. The quantitative estimate of drug-likeness (QED) is 0.553. The van der Waals surface area contributed by atoms with Crippen molar-refractivity contribution >= 4 is 11.6 Å². The van der Waals surface area contributed by atoms with E-state index in [1.165, 1.54) is 25.3 Å². The van der Waals surface area contributed by atoms with Crippen LogP contribution >= 0.6 is 0 Å². The number of nitrogens with two attached hydrogens (primary N) is 1. The zero-order valence-corrected chi connectivity index (χ0v) is 8.04. The fourth-order valence-electron chi connectivity index (χ4n) is 0.962. The van der Waals surface area contributed by atoms with Gasteiger partial charge >= 0.3 is 0 Å². The highest BCUT2D eigenvalue weighted by atomic mass is 19.1. The van der Waals surface area contributed by atoms with Crippen molar-refractivity contribution < 1.29 is 9.13 Å². The summed E-state index contributed by atoms with van der Waals surface area (Å²) in [5.41, 5.74) is 6.04. The minimum absolute atomic E-state index is 0.245. The Bertz CT molecular complexity index is 352. The molecule has 0 heterocycles. The lowest BCUT2D eigenvalue weighted by molar-refractivity contribution is 0.413. The molecule has 76 valence electrons. The van der Waals surface area contributed by atoms with E-state index in [2.05, 4.69) is 10.3 Å². The summed E-state index contributed by atoms with van der Waals surface area (Å²) in [6, 6.07) is 4.12. The normalized spacial score (nSPS) is 11.2. The minimum atomic E-state index is -0.362. The van der Waals surface area contributed by atoms with Gasteiger partial charge in [0.05, 0.1) is 12.8 Å². The predicted molar refractivity (Wildman–Crippen MR) is 54.1 cm³/mol. The van der Waals surface area contributed by atoms with E-state index in [-0.39, 0.29) is 11.8 Å². The number of ether oxygens (including phenoxy) is 1. The highest BCUT2D eigenvalue weighted by Gasteiger charge is 2.04. The summed E-state index contributed by atoms with van der Waals surface area (Å²) >= 11 is 0. The number of hydrogen-bond acceptors (Lipinski definition) is 2. The molecule has 0 bridgehead atoms. The molecule has 0 spiro atoms. The summed E-state index contributed by atoms with van der Waals surface area (Å²) in [5.74, 6) is 0.269. The Hall–Kier alpha value is -1.78. The number of halogens is 1. The Kier molecular flexibility index (Phi) is 3.28. The van der Waals surface area contributed by atoms with Gasteiger partial charge < -0.3 is 15.8 Å². The monoisotopic (exact) mass is 197 g/mol. The molecule has 5 heteroatoms. The van der Waals surface area contributed by atoms with Crippen LogP contribution in [0, 0.1) is 5.82 Å². The van der Waals surface area contributed by atoms with Crippen molar-refractivity contribution in [1.82, 2.24) is 0 Å². The Morgan fingerprint density at radius 2 is 2.29 bits per heavy atom. The number of benzene rings is 1. The van der Waals surface area contributed by atoms with Crippen LogP contribution in [0.25, 0.3) is 0 Å². The molecule has 1 aromatic rings. The van der Waals surface area contributed by atoms with Crippen LogP contribution in [0.3, 0.4) is 0 Å². The van der Waals surface area contributed by atoms with Gasteiger partial charge in [0.15, 0.2) is 5.96 Å². The van der Waals surface area contributed by atoms with Crippen LogP contribution in [0.2, 0.25) is 0 Å². The molecule has 4 nitrogen and oxygen atoms in total. The number of rotatable bonds is 2. The van der Waals surface area contributed by atoms with E-state index in [1.807, 2.05) is 0 Å². The molecule has 0 saturated heterocycles. The third kappa shape index (κ3) is 2.35. The van der Waals surface area contributed by atoms with Crippen LogP contribution < -0.4 is 15.8 Å². The second-order valence-electron chi connectivity index (χ2n) is 2.58. The highest BCUT2D eigenvalue weighted by Crippen LogP contribution is 2.24. The van der Waals surface area contributed by atoms with Gasteiger partial charge in [-0.05, 0) is 12.1 Å². The van der Waals surface area contributed by atoms with Gasteiger partial charge in [-0.2, -0.15) is 0 Å². The summed E-state index contributed by atoms with van der Waals surface area (Å²) in [4.78, 5) is 3.72. The van der Waals surface area contributed by atoms with E-state index in [1.54, 1.807) is 7.05 Å². The van der Waals surface area contributed by atoms with Crippen LogP contribution in [0.5, 0.6) is 5.75 Å². The SMILES string of the molecule is CN=C(N)Nc1ccc(F)cc1OC. The number of guanidine groups is 1. The summed E-state index contributed by atoms with van der Waals surface area (Å²) < 4.78 is 17.7. The molecule has 0 amide bonds. The molecule has 0 saturated carbocycles. The maximum Gasteiger partial charge on any atom is 0.192 e. The number of nitrogens with one attached hydrogen (secondary N) is 1. The third-order valence-corrected chi connectivity index (χ3v) is 1.67. The van der Waals surface area contributed by atoms with Gasteiger partial charge in [-0.1, -0.05) is 0 Å². The van der Waals surface area contributed by atoms with Crippen molar-refractivity contribution in [3.05, 3.63) is 24.0 Å². The highest BCUT2D eigenvalue weighted by molar-refractivity contribution is 5.93. The van der Waals surface area contributed by atoms with Crippen LogP contribution in [0.4, 0.5) is 10.1 Å². The summed E-state index contributed by atoms with van der Waals surface area (Å²) in [6.07, 6.45) is 0. The molecule has 0 aliphatic carbocycles. The predicted octanol–water partition coefficient (Wildman–Crippen LogP) is 1.19. The number of nitrogens with zero attached hydrogens (tertiary/aromatic N) is 1. The molecular weight excluding hydrogens is 185 g/mol. The lowest BCUT2D eigenvalue weighted by Gasteiger charge is -2.09. The topological polar surface area (TPSA) is 59.6 Å².